The molecule has 16 heavy (non-hydrogen) atoms. The average molecular weight is 224 g/mol. The standard InChI is InChI=1S/C13H11F3/c1-9-5-6-11(7-9)10-3-2-4-12(8-10)13(14,15)16/h2-4,6-8H,5H2,1H3. The van der Waals surface area contributed by atoms with E-state index in [2.05, 4.69) is 0 Å². The fraction of sp³-hybridized carbons (Fsp3) is 0.231. The predicted molar refractivity (Wildman–Crippen MR) is 57.8 cm³/mol. The quantitative estimate of drug-likeness (QED) is 0.661. The van der Waals surface area contributed by atoms with Gasteiger partial charge in [-0.15, -0.1) is 0 Å². The van der Waals surface area contributed by atoms with Crippen LogP contribution in [0.15, 0.2) is 42.0 Å². The third-order valence-corrected chi connectivity index (χ3v) is 2.57. The molecule has 0 aliphatic heterocycles. The molecule has 0 N–H and O–H groups in total. The van der Waals surface area contributed by atoms with Crippen molar-refractivity contribution in [2.75, 3.05) is 0 Å². The Morgan fingerprint density at radius 1 is 1.19 bits per heavy atom. The Labute approximate surface area is 92.1 Å². The highest BCUT2D eigenvalue weighted by Gasteiger charge is 2.30. The van der Waals surface area contributed by atoms with E-state index in [-0.39, 0.29) is 0 Å². The second kappa shape index (κ2) is 3.81. The summed E-state index contributed by atoms with van der Waals surface area (Å²) in [4.78, 5) is 0. The van der Waals surface area contributed by atoms with Gasteiger partial charge in [0.25, 0.3) is 0 Å². The van der Waals surface area contributed by atoms with Crippen molar-refractivity contribution in [3.05, 3.63) is 53.1 Å². The monoisotopic (exact) mass is 224 g/mol. The Balaban J connectivity index is 2.37. The Bertz CT molecular complexity index is 464. The van der Waals surface area contributed by atoms with Gasteiger partial charge in [-0.05, 0) is 36.6 Å². The van der Waals surface area contributed by atoms with E-state index in [9.17, 15) is 13.2 Å². The van der Waals surface area contributed by atoms with Gasteiger partial charge < -0.3 is 0 Å². The zero-order valence-corrected chi connectivity index (χ0v) is 8.81. The van der Waals surface area contributed by atoms with Gasteiger partial charge in [0.15, 0.2) is 0 Å². The van der Waals surface area contributed by atoms with E-state index >= 15 is 0 Å². The summed E-state index contributed by atoms with van der Waals surface area (Å²) in [6.45, 7) is 1.97. The van der Waals surface area contributed by atoms with E-state index in [1.165, 1.54) is 17.7 Å². The highest BCUT2D eigenvalue weighted by atomic mass is 19.4. The van der Waals surface area contributed by atoms with Crippen molar-refractivity contribution in [2.45, 2.75) is 19.5 Å². The zero-order chi connectivity index (χ0) is 11.8. The molecule has 0 saturated heterocycles. The van der Waals surface area contributed by atoms with Crippen LogP contribution in [-0.4, -0.2) is 0 Å². The fourth-order valence-electron chi connectivity index (χ4n) is 1.73. The second-order valence-corrected chi connectivity index (χ2v) is 3.93. The van der Waals surface area contributed by atoms with E-state index < -0.39 is 11.7 Å². The molecule has 1 aromatic carbocycles. The molecular weight excluding hydrogens is 213 g/mol. The van der Waals surface area contributed by atoms with E-state index in [0.717, 1.165) is 18.1 Å². The van der Waals surface area contributed by atoms with Gasteiger partial charge in [-0.25, -0.2) is 0 Å². The maximum Gasteiger partial charge on any atom is 0.416 e. The lowest BCUT2D eigenvalue weighted by atomic mass is 10.0. The summed E-state index contributed by atoms with van der Waals surface area (Å²) in [5, 5.41) is 0. The molecule has 1 aromatic rings. The van der Waals surface area contributed by atoms with E-state index in [4.69, 9.17) is 0 Å². The van der Waals surface area contributed by atoms with Gasteiger partial charge in [0.1, 0.15) is 0 Å². The van der Waals surface area contributed by atoms with Gasteiger partial charge in [-0.1, -0.05) is 29.9 Å². The van der Waals surface area contributed by atoms with Crippen molar-refractivity contribution in [1.29, 1.82) is 0 Å². The molecule has 0 radical (unpaired) electrons. The minimum absolute atomic E-state index is 0.594. The van der Waals surface area contributed by atoms with Crippen LogP contribution in [0.2, 0.25) is 0 Å². The topological polar surface area (TPSA) is 0 Å². The molecule has 0 spiro atoms. The third kappa shape index (κ3) is 2.18. The maximum absolute atomic E-state index is 12.5. The number of benzene rings is 1. The van der Waals surface area contributed by atoms with Crippen molar-refractivity contribution < 1.29 is 13.2 Å². The van der Waals surface area contributed by atoms with E-state index in [1.807, 2.05) is 19.1 Å². The van der Waals surface area contributed by atoms with Crippen LogP contribution in [-0.2, 0) is 6.18 Å². The highest BCUT2D eigenvalue weighted by Crippen LogP contribution is 2.32. The Morgan fingerprint density at radius 3 is 2.50 bits per heavy atom. The van der Waals surface area contributed by atoms with Crippen molar-refractivity contribution in [3.8, 4) is 0 Å². The predicted octanol–water partition coefficient (Wildman–Crippen LogP) is 4.44. The number of rotatable bonds is 1. The molecule has 84 valence electrons. The average Bonchev–Trinajstić information content (AvgIpc) is 2.64. The van der Waals surface area contributed by atoms with E-state index in [0.29, 0.717) is 5.56 Å². The normalized spacial score (nSPS) is 16.0. The molecule has 0 atom stereocenters. The molecule has 0 amide bonds. The first-order chi connectivity index (χ1) is 7.47. The summed E-state index contributed by atoms with van der Waals surface area (Å²) < 4.78 is 37.5. The number of allylic oxidation sites excluding steroid dienone is 4. The molecule has 1 aliphatic carbocycles. The van der Waals surface area contributed by atoms with Crippen LogP contribution < -0.4 is 0 Å². The molecule has 0 saturated carbocycles. The second-order valence-electron chi connectivity index (χ2n) is 3.93. The van der Waals surface area contributed by atoms with Crippen LogP contribution in [0.5, 0.6) is 0 Å². The fourth-order valence-corrected chi connectivity index (χ4v) is 1.73. The Hall–Kier alpha value is -1.51. The van der Waals surface area contributed by atoms with Gasteiger partial charge in [0, 0.05) is 0 Å². The lowest BCUT2D eigenvalue weighted by Gasteiger charge is -2.08. The summed E-state index contributed by atoms with van der Waals surface area (Å²) in [5.74, 6) is 0. The van der Waals surface area contributed by atoms with Crippen LogP contribution in [0, 0.1) is 0 Å². The van der Waals surface area contributed by atoms with Gasteiger partial charge in [0.2, 0.25) is 0 Å². The van der Waals surface area contributed by atoms with Crippen LogP contribution >= 0.6 is 0 Å². The van der Waals surface area contributed by atoms with Crippen LogP contribution in [0.3, 0.4) is 0 Å². The lowest BCUT2D eigenvalue weighted by molar-refractivity contribution is -0.137. The van der Waals surface area contributed by atoms with Crippen LogP contribution in [0.25, 0.3) is 5.57 Å². The summed E-state index contributed by atoms with van der Waals surface area (Å²) in [5.41, 5.74) is 2.09. The van der Waals surface area contributed by atoms with Crippen LogP contribution in [0.1, 0.15) is 24.5 Å². The SMILES string of the molecule is CC1=CC(c2cccc(C(F)(F)F)c2)=CC1. The number of alkyl halides is 3. The largest absolute Gasteiger partial charge is 0.416 e. The molecular formula is C13H11F3. The Morgan fingerprint density at radius 2 is 1.94 bits per heavy atom. The number of hydrogen-bond acceptors (Lipinski definition) is 0. The summed E-state index contributed by atoms with van der Waals surface area (Å²) >= 11 is 0. The van der Waals surface area contributed by atoms with Crippen molar-refractivity contribution in [1.82, 2.24) is 0 Å². The summed E-state index contributed by atoms with van der Waals surface area (Å²) in [6, 6.07) is 5.44. The minimum Gasteiger partial charge on any atom is -0.166 e. The maximum atomic E-state index is 12.5. The zero-order valence-electron chi connectivity index (χ0n) is 8.81. The molecule has 0 bridgehead atoms. The summed E-state index contributed by atoms with van der Waals surface area (Å²) in [7, 11) is 0. The van der Waals surface area contributed by atoms with Gasteiger partial charge in [-0.3, -0.25) is 0 Å². The molecule has 0 heterocycles. The molecule has 0 unspecified atom stereocenters. The van der Waals surface area contributed by atoms with Crippen molar-refractivity contribution >= 4 is 5.57 Å². The molecule has 3 heteroatoms. The van der Waals surface area contributed by atoms with Gasteiger partial charge in [-0.2, -0.15) is 13.2 Å². The molecule has 0 nitrogen and oxygen atoms in total. The Kier molecular flexibility index (Phi) is 2.62. The summed E-state index contributed by atoms with van der Waals surface area (Å²) in [6.07, 6.45) is 0.430. The van der Waals surface area contributed by atoms with Crippen molar-refractivity contribution in [3.63, 3.8) is 0 Å². The molecule has 1 aliphatic rings. The first kappa shape index (κ1) is 11.0. The third-order valence-electron chi connectivity index (χ3n) is 2.57. The first-order valence-electron chi connectivity index (χ1n) is 5.02. The number of halogens is 3. The first-order valence-corrected chi connectivity index (χ1v) is 5.02. The van der Waals surface area contributed by atoms with Crippen LogP contribution in [0.4, 0.5) is 13.2 Å². The highest BCUT2D eigenvalue weighted by molar-refractivity contribution is 5.77. The molecule has 2 rings (SSSR count). The molecule has 0 aromatic heterocycles. The number of hydrogen-bond donors (Lipinski definition) is 0. The molecule has 0 fully saturated rings. The van der Waals surface area contributed by atoms with Crippen molar-refractivity contribution in [2.24, 2.45) is 0 Å². The minimum atomic E-state index is -4.27. The lowest BCUT2D eigenvalue weighted by Crippen LogP contribution is -2.04. The van der Waals surface area contributed by atoms with Gasteiger partial charge in [0.05, 0.1) is 5.56 Å². The van der Waals surface area contributed by atoms with E-state index in [1.54, 1.807) is 6.07 Å². The smallest absolute Gasteiger partial charge is 0.166 e. The van der Waals surface area contributed by atoms with Gasteiger partial charge >= 0.3 is 6.18 Å².